The standard InChI is InChI=1S/C14H23N3O3S/c1-3-15-9-12-4-5-14(16-10-12)21(18,19)17-13-6-7-20-11(2)8-13/h4-5,10-11,13,15,17H,3,6-9H2,1-2H3. The summed E-state index contributed by atoms with van der Waals surface area (Å²) in [7, 11) is -3.56. The van der Waals surface area contributed by atoms with Crippen LogP contribution in [0.1, 0.15) is 32.3 Å². The molecule has 0 spiro atoms. The van der Waals surface area contributed by atoms with Gasteiger partial charge in [-0.2, -0.15) is 0 Å². The van der Waals surface area contributed by atoms with Gasteiger partial charge in [0, 0.05) is 25.4 Å². The van der Waals surface area contributed by atoms with Crippen molar-refractivity contribution in [3.63, 3.8) is 0 Å². The van der Waals surface area contributed by atoms with Crippen LogP contribution >= 0.6 is 0 Å². The van der Waals surface area contributed by atoms with Crippen LogP contribution in [0.5, 0.6) is 0 Å². The number of hydrogen-bond acceptors (Lipinski definition) is 5. The number of hydrogen-bond donors (Lipinski definition) is 2. The van der Waals surface area contributed by atoms with Crippen molar-refractivity contribution in [3.05, 3.63) is 23.9 Å². The summed E-state index contributed by atoms with van der Waals surface area (Å²) in [6.45, 7) is 6.11. The highest BCUT2D eigenvalue weighted by atomic mass is 32.2. The second kappa shape index (κ2) is 7.31. The monoisotopic (exact) mass is 313 g/mol. The average Bonchev–Trinajstić information content (AvgIpc) is 2.45. The van der Waals surface area contributed by atoms with Crippen molar-refractivity contribution in [3.8, 4) is 0 Å². The lowest BCUT2D eigenvalue weighted by Crippen LogP contribution is -2.41. The summed E-state index contributed by atoms with van der Waals surface area (Å²) >= 11 is 0. The van der Waals surface area contributed by atoms with E-state index < -0.39 is 10.0 Å². The van der Waals surface area contributed by atoms with Crippen molar-refractivity contribution in [2.75, 3.05) is 13.2 Å². The van der Waals surface area contributed by atoms with Crippen LogP contribution in [0.15, 0.2) is 23.4 Å². The van der Waals surface area contributed by atoms with Gasteiger partial charge in [-0.05, 0) is 37.9 Å². The van der Waals surface area contributed by atoms with Crippen molar-refractivity contribution in [2.24, 2.45) is 0 Å². The van der Waals surface area contributed by atoms with Crippen LogP contribution in [0.25, 0.3) is 0 Å². The smallest absolute Gasteiger partial charge is 0.258 e. The quantitative estimate of drug-likeness (QED) is 0.820. The number of sulfonamides is 1. The number of ether oxygens (including phenoxy) is 1. The summed E-state index contributed by atoms with van der Waals surface area (Å²) in [5, 5.41) is 3.25. The third kappa shape index (κ3) is 4.74. The van der Waals surface area contributed by atoms with Crippen LogP contribution in [0.4, 0.5) is 0 Å². The molecule has 1 fully saturated rings. The minimum Gasteiger partial charge on any atom is -0.378 e. The maximum Gasteiger partial charge on any atom is 0.258 e. The maximum atomic E-state index is 12.3. The van der Waals surface area contributed by atoms with E-state index in [1.807, 2.05) is 13.8 Å². The molecule has 21 heavy (non-hydrogen) atoms. The van der Waals surface area contributed by atoms with Gasteiger partial charge in [0.05, 0.1) is 6.10 Å². The molecule has 6 nitrogen and oxygen atoms in total. The molecule has 0 aliphatic carbocycles. The lowest BCUT2D eigenvalue weighted by atomic mass is 10.1. The summed E-state index contributed by atoms with van der Waals surface area (Å²) in [4.78, 5) is 4.07. The molecule has 0 radical (unpaired) electrons. The highest BCUT2D eigenvalue weighted by Crippen LogP contribution is 2.16. The van der Waals surface area contributed by atoms with Crippen molar-refractivity contribution < 1.29 is 13.2 Å². The van der Waals surface area contributed by atoms with E-state index in [1.165, 1.54) is 0 Å². The first kappa shape index (κ1) is 16.4. The molecule has 1 aliphatic heterocycles. The van der Waals surface area contributed by atoms with Crippen molar-refractivity contribution in [2.45, 2.75) is 50.4 Å². The topological polar surface area (TPSA) is 80.3 Å². The number of rotatable bonds is 6. The van der Waals surface area contributed by atoms with Crippen molar-refractivity contribution in [1.29, 1.82) is 0 Å². The van der Waals surface area contributed by atoms with Gasteiger partial charge in [0.25, 0.3) is 10.0 Å². The molecule has 0 aromatic carbocycles. The van der Waals surface area contributed by atoms with Crippen molar-refractivity contribution in [1.82, 2.24) is 15.0 Å². The fourth-order valence-corrected chi connectivity index (χ4v) is 3.54. The number of aromatic nitrogens is 1. The molecule has 7 heteroatoms. The third-order valence-corrected chi connectivity index (χ3v) is 4.89. The number of pyridine rings is 1. The fraction of sp³-hybridized carbons (Fsp3) is 0.643. The molecule has 1 aromatic heterocycles. The highest BCUT2D eigenvalue weighted by Gasteiger charge is 2.25. The number of nitrogens with one attached hydrogen (secondary N) is 2. The molecule has 2 heterocycles. The minimum atomic E-state index is -3.56. The second-order valence-electron chi connectivity index (χ2n) is 5.31. The Hall–Kier alpha value is -1.02. The van der Waals surface area contributed by atoms with Crippen LogP contribution in [-0.2, 0) is 21.3 Å². The normalized spacial score (nSPS) is 23.1. The molecule has 1 aromatic rings. The Kier molecular flexibility index (Phi) is 5.69. The Bertz CT molecular complexity index is 545. The molecular weight excluding hydrogens is 290 g/mol. The van der Waals surface area contributed by atoms with E-state index in [4.69, 9.17) is 4.74 Å². The van der Waals surface area contributed by atoms with Gasteiger partial charge in [-0.1, -0.05) is 13.0 Å². The largest absolute Gasteiger partial charge is 0.378 e. The van der Waals surface area contributed by atoms with Crippen LogP contribution < -0.4 is 10.0 Å². The second-order valence-corrected chi connectivity index (χ2v) is 6.97. The molecule has 2 unspecified atom stereocenters. The zero-order valence-corrected chi connectivity index (χ0v) is 13.3. The molecule has 2 rings (SSSR count). The van der Waals surface area contributed by atoms with E-state index in [9.17, 15) is 8.42 Å². The first-order chi connectivity index (χ1) is 10.0. The molecule has 1 saturated heterocycles. The molecule has 0 amide bonds. The highest BCUT2D eigenvalue weighted by molar-refractivity contribution is 7.89. The van der Waals surface area contributed by atoms with Gasteiger partial charge in [0.1, 0.15) is 0 Å². The van der Waals surface area contributed by atoms with Gasteiger partial charge < -0.3 is 10.1 Å². The third-order valence-electron chi connectivity index (χ3n) is 3.46. The Balaban J connectivity index is 2.01. The first-order valence-electron chi connectivity index (χ1n) is 7.31. The summed E-state index contributed by atoms with van der Waals surface area (Å²) in [5.41, 5.74) is 0.968. The Morgan fingerprint density at radius 3 is 2.86 bits per heavy atom. The van der Waals surface area contributed by atoms with Crippen LogP contribution in [0, 0.1) is 0 Å². The van der Waals surface area contributed by atoms with Gasteiger partial charge in [0.2, 0.25) is 0 Å². The Morgan fingerprint density at radius 1 is 1.43 bits per heavy atom. The summed E-state index contributed by atoms with van der Waals surface area (Å²) in [6, 6.07) is 3.26. The van der Waals surface area contributed by atoms with E-state index in [0.717, 1.165) is 12.1 Å². The lowest BCUT2D eigenvalue weighted by molar-refractivity contribution is 0.0173. The molecule has 1 aliphatic rings. The zero-order chi connectivity index (χ0) is 15.3. The van der Waals surface area contributed by atoms with Crippen LogP contribution in [0.3, 0.4) is 0 Å². The van der Waals surface area contributed by atoms with E-state index in [0.29, 0.717) is 26.0 Å². The minimum absolute atomic E-state index is 0.0712. The van der Waals surface area contributed by atoms with Gasteiger partial charge >= 0.3 is 0 Å². The molecular formula is C14H23N3O3S. The molecule has 118 valence electrons. The van der Waals surface area contributed by atoms with Crippen LogP contribution in [-0.4, -0.2) is 38.7 Å². The van der Waals surface area contributed by atoms with E-state index >= 15 is 0 Å². The molecule has 2 N–H and O–H groups in total. The van der Waals surface area contributed by atoms with E-state index in [1.54, 1.807) is 18.3 Å². The van der Waals surface area contributed by atoms with Gasteiger partial charge in [-0.15, -0.1) is 0 Å². The van der Waals surface area contributed by atoms with Gasteiger partial charge in [-0.25, -0.2) is 18.1 Å². The SMILES string of the molecule is CCNCc1ccc(S(=O)(=O)NC2CCOC(C)C2)nc1. The summed E-state index contributed by atoms with van der Waals surface area (Å²) < 4.78 is 32.7. The molecule has 0 bridgehead atoms. The fourth-order valence-electron chi connectivity index (χ4n) is 2.33. The van der Waals surface area contributed by atoms with Gasteiger partial charge in [0.15, 0.2) is 5.03 Å². The van der Waals surface area contributed by atoms with E-state index in [-0.39, 0.29) is 17.2 Å². The van der Waals surface area contributed by atoms with Gasteiger partial charge in [-0.3, -0.25) is 0 Å². The predicted molar refractivity (Wildman–Crippen MR) is 80.4 cm³/mol. The van der Waals surface area contributed by atoms with Crippen molar-refractivity contribution >= 4 is 10.0 Å². The average molecular weight is 313 g/mol. The summed E-state index contributed by atoms with van der Waals surface area (Å²) in [5.74, 6) is 0. The zero-order valence-electron chi connectivity index (χ0n) is 12.5. The number of nitrogens with zero attached hydrogens (tertiary/aromatic N) is 1. The maximum absolute atomic E-state index is 12.3. The molecule has 2 atom stereocenters. The molecule has 0 saturated carbocycles. The Morgan fingerprint density at radius 2 is 2.24 bits per heavy atom. The lowest BCUT2D eigenvalue weighted by Gasteiger charge is -2.27. The van der Waals surface area contributed by atoms with E-state index in [2.05, 4.69) is 15.0 Å². The first-order valence-corrected chi connectivity index (χ1v) is 8.79. The summed E-state index contributed by atoms with van der Waals surface area (Å²) in [6.07, 6.45) is 3.07. The van der Waals surface area contributed by atoms with Crippen LogP contribution in [0.2, 0.25) is 0 Å². The predicted octanol–water partition coefficient (Wildman–Crippen LogP) is 1.04. The Labute approximate surface area is 126 Å².